The van der Waals surface area contributed by atoms with Gasteiger partial charge in [-0.15, -0.1) is 0 Å². The third kappa shape index (κ3) is 10.2. The first-order chi connectivity index (χ1) is 2.64. The minimum Gasteiger partial charge on any atom is -0.870 e. The molecular formula is H3NaO5S2. The van der Waals surface area contributed by atoms with Crippen molar-refractivity contribution >= 4 is 20.2 Å². The second-order valence-corrected chi connectivity index (χ2v) is 3.01. The maximum absolute atomic E-state index is 9.26. The summed E-state index contributed by atoms with van der Waals surface area (Å²) in [5, 5.41) is 0. The zero-order chi connectivity index (χ0) is 5.15. The third-order valence-corrected chi connectivity index (χ3v) is 1.10. The molecule has 2 unspecified atom stereocenters. The molecule has 0 spiro atoms. The molecule has 0 saturated carbocycles. The Morgan fingerprint density at radius 1 is 1.00 bits per heavy atom. The van der Waals surface area contributed by atoms with Crippen LogP contribution in [0.2, 0.25) is 0 Å². The molecule has 0 bridgehead atoms. The molecule has 0 heterocycles. The maximum Gasteiger partial charge on any atom is 1.00 e. The molecule has 0 aliphatic heterocycles. The molecule has 0 aromatic heterocycles. The van der Waals surface area contributed by atoms with Gasteiger partial charge >= 0.3 is 29.6 Å². The van der Waals surface area contributed by atoms with Crippen LogP contribution in [-0.2, 0) is 20.2 Å². The number of hydrogen-bond acceptors (Lipinski definition) is 3. The molecule has 0 saturated heterocycles. The zero-order valence-corrected chi connectivity index (χ0v) is 7.61. The second-order valence-electron chi connectivity index (χ2n) is 0.434. The molecule has 2 atom stereocenters. The van der Waals surface area contributed by atoms with Gasteiger partial charge in [-0.3, -0.25) is 9.11 Å². The van der Waals surface area contributed by atoms with E-state index >= 15 is 0 Å². The molecule has 46 valence electrons. The van der Waals surface area contributed by atoms with Crippen molar-refractivity contribution in [2.75, 3.05) is 0 Å². The van der Waals surface area contributed by atoms with Crippen LogP contribution in [0.25, 0.3) is 0 Å². The first-order valence-corrected chi connectivity index (χ1v) is 3.60. The van der Waals surface area contributed by atoms with E-state index in [-0.39, 0.29) is 35.0 Å². The molecule has 0 aromatic carbocycles. The van der Waals surface area contributed by atoms with Gasteiger partial charge in [0.05, 0.1) is 0 Å². The van der Waals surface area contributed by atoms with Crippen molar-refractivity contribution in [1.82, 2.24) is 0 Å². The van der Waals surface area contributed by atoms with E-state index in [9.17, 15) is 8.42 Å². The van der Waals surface area contributed by atoms with Crippen LogP contribution in [0.5, 0.6) is 0 Å². The van der Waals surface area contributed by atoms with Gasteiger partial charge in [-0.2, -0.15) is 0 Å². The standard InChI is InChI=1S/Na.H2O4S2.H2O/c;1-5(2)6(3)4;/h;(H,1,2)(H,3,4);1H2/q+1;;/p-1. The molecule has 0 aliphatic rings. The molecule has 0 amide bonds. The summed E-state index contributed by atoms with van der Waals surface area (Å²) in [6.07, 6.45) is 0. The van der Waals surface area contributed by atoms with E-state index in [1.54, 1.807) is 0 Å². The van der Waals surface area contributed by atoms with Crippen molar-refractivity contribution in [2.45, 2.75) is 0 Å². The topological polar surface area (TPSA) is 105 Å². The summed E-state index contributed by atoms with van der Waals surface area (Å²) in [7, 11) is -5.18. The third-order valence-electron chi connectivity index (χ3n) is 0.122. The smallest absolute Gasteiger partial charge is 0.870 e. The van der Waals surface area contributed by atoms with Gasteiger partial charge in [0.2, 0.25) is 0 Å². The van der Waals surface area contributed by atoms with Crippen molar-refractivity contribution in [2.24, 2.45) is 0 Å². The molecule has 8 heteroatoms. The van der Waals surface area contributed by atoms with Gasteiger partial charge in [-0.1, -0.05) is 0 Å². The van der Waals surface area contributed by atoms with Gasteiger partial charge < -0.3 is 5.48 Å². The van der Waals surface area contributed by atoms with E-state index in [2.05, 4.69) is 0 Å². The predicted molar refractivity (Wildman–Crippen MR) is 23.5 cm³/mol. The van der Waals surface area contributed by atoms with Crippen LogP contribution in [0.15, 0.2) is 0 Å². The Morgan fingerprint density at radius 3 is 1.12 bits per heavy atom. The van der Waals surface area contributed by atoms with Crippen LogP contribution in [0.4, 0.5) is 0 Å². The summed E-state index contributed by atoms with van der Waals surface area (Å²) >= 11 is 0. The Hall–Kier alpha value is 1.18. The summed E-state index contributed by atoms with van der Waals surface area (Å²) in [5.41, 5.74) is 0. The van der Waals surface area contributed by atoms with Crippen LogP contribution >= 0.6 is 0 Å². The van der Waals surface area contributed by atoms with Crippen molar-refractivity contribution in [3.63, 3.8) is 0 Å². The van der Waals surface area contributed by atoms with E-state index in [4.69, 9.17) is 9.11 Å². The molecule has 5 nitrogen and oxygen atoms in total. The van der Waals surface area contributed by atoms with Crippen molar-refractivity contribution < 1.29 is 52.6 Å². The van der Waals surface area contributed by atoms with E-state index in [0.29, 0.717) is 0 Å². The normalized spacial score (nSPS) is 14.8. The summed E-state index contributed by atoms with van der Waals surface area (Å²) < 4.78 is 33.6. The molecule has 0 aromatic rings. The first-order valence-electron chi connectivity index (χ1n) is 0.865. The minimum atomic E-state index is -2.59. The van der Waals surface area contributed by atoms with Crippen LogP contribution in [-0.4, -0.2) is 23.0 Å². The van der Waals surface area contributed by atoms with Crippen LogP contribution < -0.4 is 29.6 Å². The monoisotopic (exact) mass is 170 g/mol. The molecule has 0 fully saturated rings. The van der Waals surface area contributed by atoms with Gasteiger partial charge in [0, 0.05) is 0 Å². The van der Waals surface area contributed by atoms with Crippen molar-refractivity contribution in [3.8, 4) is 0 Å². The fourth-order valence-electron chi connectivity index (χ4n) is 0. The van der Waals surface area contributed by atoms with E-state index < -0.39 is 20.2 Å². The Balaban J connectivity index is -0.000000125. The molecule has 0 rings (SSSR count). The van der Waals surface area contributed by atoms with Gasteiger partial charge in [-0.25, -0.2) is 8.42 Å². The molecule has 8 heavy (non-hydrogen) atoms. The Kier molecular flexibility index (Phi) is 16.4. The molecular weight excluding hydrogens is 167 g/mol. The van der Waals surface area contributed by atoms with Gasteiger partial charge in [0.15, 0.2) is 0 Å². The Labute approximate surface area is 72.4 Å². The minimum absolute atomic E-state index is 0. The average molecular weight is 170 g/mol. The second kappa shape index (κ2) is 8.18. The quantitative estimate of drug-likeness (QED) is 0.238. The Bertz CT molecular complexity index is 76.4. The van der Waals surface area contributed by atoms with Gasteiger partial charge in [-0.05, 0) is 0 Å². The predicted octanol–water partition coefficient (Wildman–Crippen LogP) is -3.83. The summed E-state index contributed by atoms with van der Waals surface area (Å²) in [6, 6.07) is 0. The fourth-order valence-corrected chi connectivity index (χ4v) is 0. The number of rotatable bonds is 1. The van der Waals surface area contributed by atoms with E-state index in [1.807, 2.05) is 0 Å². The average Bonchev–Trinajstić information content (AvgIpc) is 1.36. The molecule has 0 aliphatic carbocycles. The molecule has 3 N–H and O–H groups in total. The van der Waals surface area contributed by atoms with Crippen LogP contribution in [0, 0.1) is 0 Å². The SMILES string of the molecule is O=S(O)S(=O)O.[Na+].[OH-]. The zero-order valence-electron chi connectivity index (χ0n) is 3.97. The maximum atomic E-state index is 9.26. The largest absolute Gasteiger partial charge is 1.00 e. The Morgan fingerprint density at radius 2 is 1.12 bits per heavy atom. The number of hydrogen-bond donors (Lipinski definition) is 2. The van der Waals surface area contributed by atoms with Gasteiger partial charge in [0.25, 0.3) is 20.2 Å². The fraction of sp³-hybridized carbons (Fsp3) is 0. The van der Waals surface area contributed by atoms with E-state index in [1.165, 1.54) is 0 Å². The summed E-state index contributed by atoms with van der Waals surface area (Å²) in [6.45, 7) is 0. The van der Waals surface area contributed by atoms with E-state index in [0.717, 1.165) is 0 Å². The summed E-state index contributed by atoms with van der Waals surface area (Å²) in [4.78, 5) is 0. The van der Waals surface area contributed by atoms with Crippen LogP contribution in [0.1, 0.15) is 0 Å². The molecule has 0 radical (unpaired) electrons. The van der Waals surface area contributed by atoms with Gasteiger partial charge in [0.1, 0.15) is 0 Å². The first kappa shape index (κ1) is 16.1. The van der Waals surface area contributed by atoms with Crippen LogP contribution in [0.3, 0.4) is 0 Å². The summed E-state index contributed by atoms with van der Waals surface area (Å²) in [5.74, 6) is 0. The van der Waals surface area contributed by atoms with Crippen molar-refractivity contribution in [1.29, 1.82) is 0 Å². The van der Waals surface area contributed by atoms with Crippen molar-refractivity contribution in [3.05, 3.63) is 0 Å².